The van der Waals surface area contributed by atoms with Gasteiger partial charge in [-0.05, 0) is 29.7 Å². The molecular formula is C24H22N4OS. The van der Waals surface area contributed by atoms with Crippen LogP contribution < -0.4 is 0 Å². The van der Waals surface area contributed by atoms with Gasteiger partial charge >= 0.3 is 0 Å². The number of rotatable bonds is 8. The fourth-order valence-electron chi connectivity index (χ4n) is 3.23. The molecule has 0 bridgehead atoms. The maximum absolute atomic E-state index is 12.7. The molecule has 0 aliphatic heterocycles. The number of ketones is 1. The molecule has 30 heavy (non-hydrogen) atoms. The van der Waals surface area contributed by atoms with Gasteiger partial charge in [-0.15, -0.1) is 10.2 Å². The van der Waals surface area contributed by atoms with E-state index in [2.05, 4.69) is 38.8 Å². The average molecular weight is 415 g/mol. The molecular weight excluding hydrogens is 392 g/mol. The Balaban J connectivity index is 1.47. The molecule has 0 saturated carbocycles. The first-order valence-electron chi connectivity index (χ1n) is 9.91. The first-order chi connectivity index (χ1) is 14.8. The number of Topliss-reactive ketones (excluding diaryl/α,β-unsaturated/α-hetero) is 1. The lowest BCUT2D eigenvalue weighted by Gasteiger charge is -2.09. The van der Waals surface area contributed by atoms with Crippen molar-refractivity contribution < 1.29 is 4.79 Å². The molecule has 0 saturated heterocycles. The summed E-state index contributed by atoms with van der Waals surface area (Å²) >= 11 is 1.43. The molecule has 0 unspecified atom stereocenters. The number of carbonyl (C=O) groups is 1. The van der Waals surface area contributed by atoms with Crippen molar-refractivity contribution in [3.63, 3.8) is 0 Å². The molecule has 0 spiro atoms. The van der Waals surface area contributed by atoms with E-state index in [1.807, 2.05) is 54.6 Å². The van der Waals surface area contributed by atoms with Crippen LogP contribution in [0.2, 0.25) is 0 Å². The smallest absolute Gasteiger partial charge is 0.191 e. The first-order valence-corrected chi connectivity index (χ1v) is 10.9. The Hall–Kier alpha value is -3.25. The number of aromatic nitrogens is 4. The van der Waals surface area contributed by atoms with Crippen LogP contribution >= 0.6 is 11.8 Å². The van der Waals surface area contributed by atoms with Crippen LogP contribution in [-0.4, -0.2) is 31.3 Å². The zero-order chi connectivity index (χ0) is 20.8. The molecule has 0 N–H and O–H groups in total. The Morgan fingerprint density at radius 2 is 1.57 bits per heavy atom. The predicted octanol–water partition coefficient (Wildman–Crippen LogP) is 5.39. The van der Waals surface area contributed by atoms with Gasteiger partial charge in [0.25, 0.3) is 0 Å². The van der Waals surface area contributed by atoms with Gasteiger partial charge in [0.2, 0.25) is 0 Å². The van der Waals surface area contributed by atoms with Gasteiger partial charge < -0.3 is 4.57 Å². The van der Waals surface area contributed by atoms with Crippen molar-refractivity contribution in [2.75, 3.05) is 5.75 Å². The predicted molar refractivity (Wildman–Crippen MR) is 120 cm³/mol. The molecule has 0 atom stereocenters. The lowest BCUT2D eigenvalue weighted by atomic mass is 10.0. The van der Waals surface area contributed by atoms with Crippen LogP contribution in [0.1, 0.15) is 23.7 Å². The van der Waals surface area contributed by atoms with Crippen molar-refractivity contribution in [3.8, 4) is 22.5 Å². The average Bonchev–Trinajstić information content (AvgIpc) is 3.21. The van der Waals surface area contributed by atoms with Crippen LogP contribution in [-0.2, 0) is 6.54 Å². The molecule has 0 fully saturated rings. The van der Waals surface area contributed by atoms with E-state index in [0.717, 1.165) is 40.6 Å². The number of benzene rings is 2. The maximum atomic E-state index is 12.7. The highest BCUT2D eigenvalue weighted by Gasteiger charge is 2.16. The fraction of sp³-hybridized carbons (Fsp3) is 0.167. The van der Waals surface area contributed by atoms with Gasteiger partial charge in [-0.3, -0.25) is 9.78 Å². The second kappa shape index (κ2) is 9.50. The summed E-state index contributed by atoms with van der Waals surface area (Å²) < 4.78 is 2.08. The summed E-state index contributed by atoms with van der Waals surface area (Å²) in [7, 11) is 0. The molecule has 0 radical (unpaired) electrons. The Morgan fingerprint density at radius 1 is 0.867 bits per heavy atom. The molecule has 4 rings (SSSR count). The van der Waals surface area contributed by atoms with Crippen molar-refractivity contribution in [3.05, 3.63) is 84.7 Å². The molecule has 2 aromatic carbocycles. The van der Waals surface area contributed by atoms with Gasteiger partial charge in [-0.25, -0.2) is 0 Å². The zero-order valence-corrected chi connectivity index (χ0v) is 17.5. The number of hydrogen-bond donors (Lipinski definition) is 0. The van der Waals surface area contributed by atoms with E-state index in [0.29, 0.717) is 11.3 Å². The highest BCUT2D eigenvalue weighted by Crippen LogP contribution is 2.25. The maximum Gasteiger partial charge on any atom is 0.191 e. The number of thioether (sulfide) groups is 1. The van der Waals surface area contributed by atoms with Gasteiger partial charge in [0, 0.05) is 30.1 Å². The first kappa shape index (κ1) is 20.0. The molecule has 0 amide bonds. The summed E-state index contributed by atoms with van der Waals surface area (Å²) in [4.78, 5) is 16.8. The van der Waals surface area contributed by atoms with Gasteiger partial charge in [-0.2, -0.15) is 0 Å². The summed E-state index contributed by atoms with van der Waals surface area (Å²) in [5.74, 6) is 1.21. The van der Waals surface area contributed by atoms with Crippen LogP contribution in [0.3, 0.4) is 0 Å². The van der Waals surface area contributed by atoms with Crippen LogP contribution in [0, 0.1) is 0 Å². The molecule has 5 nitrogen and oxygen atoms in total. The van der Waals surface area contributed by atoms with Crippen LogP contribution in [0.5, 0.6) is 0 Å². The van der Waals surface area contributed by atoms with Crippen molar-refractivity contribution in [2.45, 2.75) is 25.0 Å². The molecule has 6 heteroatoms. The summed E-state index contributed by atoms with van der Waals surface area (Å²) in [5.41, 5.74) is 3.92. The topological polar surface area (TPSA) is 60.7 Å². The lowest BCUT2D eigenvalue weighted by Crippen LogP contribution is -2.06. The van der Waals surface area contributed by atoms with E-state index < -0.39 is 0 Å². The molecule has 2 aromatic heterocycles. The Labute approximate surface area is 180 Å². The van der Waals surface area contributed by atoms with Crippen molar-refractivity contribution in [2.24, 2.45) is 0 Å². The quantitative estimate of drug-likeness (QED) is 0.286. The van der Waals surface area contributed by atoms with E-state index in [1.54, 1.807) is 12.4 Å². The van der Waals surface area contributed by atoms with Gasteiger partial charge in [-0.1, -0.05) is 73.3 Å². The van der Waals surface area contributed by atoms with E-state index in [1.165, 1.54) is 11.8 Å². The van der Waals surface area contributed by atoms with Crippen molar-refractivity contribution in [1.82, 2.24) is 19.7 Å². The molecule has 2 heterocycles. The van der Waals surface area contributed by atoms with Crippen LogP contribution in [0.4, 0.5) is 0 Å². The minimum absolute atomic E-state index is 0.0797. The minimum atomic E-state index is 0.0797. The summed E-state index contributed by atoms with van der Waals surface area (Å²) in [6, 6.07) is 21.8. The molecule has 0 aliphatic carbocycles. The number of hydrogen-bond acceptors (Lipinski definition) is 5. The van der Waals surface area contributed by atoms with E-state index in [4.69, 9.17) is 0 Å². The van der Waals surface area contributed by atoms with Crippen molar-refractivity contribution >= 4 is 17.5 Å². The van der Waals surface area contributed by atoms with E-state index in [9.17, 15) is 4.79 Å². The highest BCUT2D eigenvalue weighted by molar-refractivity contribution is 7.99. The van der Waals surface area contributed by atoms with E-state index >= 15 is 0 Å². The lowest BCUT2D eigenvalue weighted by molar-refractivity contribution is 0.102. The molecule has 4 aromatic rings. The molecule has 0 aliphatic rings. The minimum Gasteiger partial charge on any atom is -0.302 e. The largest absolute Gasteiger partial charge is 0.302 e. The van der Waals surface area contributed by atoms with Gasteiger partial charge in [0.1, 0.15) is 0 Å². The second-order valence-electron chi connectivity index (χ2n) is 6.85. The van der Waals surface area contributed by atoms with Crippen molar-refractivity contribution in [1.29, 1.82) is 0 Å². The third-order valence-electron chi connectivity index (χ3n) is 4.75. The fourth-order valence-corrected chi connectivity index (χ4v) is 4.09. The standard InChI is InChI=1S/C24H22N4OS/c1-2-16-28-23(21-12-14-25-15-13-21)26-27-24(28)30-17-22(29)20-10-8-19(9-11-20)18-6-4-3-5-7-18/h3-15H,2,16-17H2,1H3. The second-order valence-corrected chi connectivity index (χ2v) is 7.79. The monoisotopic (exact) mass is 414 g/mol. The third kappa shape index (κ3) is 4.49. The molecule has 150 valence electrons. The normalized spacial score (nSPS) is 10.8. The summed E-state index contributed by atoms with van der Waals surface area (Å²) in [5, 5.41) is 9.45. The third-order valence-corrected chi connectivity index (χ3v) is 5.72. The number of pyridine rings is 1. The van der Waals surface area contributed by atoms with Crippen LogP contribution in [0.25, 0.3) is 22.5 Å². The summed E-state index contributed by atoms with van der Waals surface area (Å²) in [6.07, 6.45) is 4.45. The zero-order valence-electron chi connectivity index (χ0n) is 16.7. The van der Waals surface area contributed by atoms with Crippen LogP contribution in [0.15, 0.2) is 84.3 Å². The van der Waals surface area contributed by atoms with E-state index in [-0.39, 0.29) is 5.78 Å². The SMILES string of the molecule is CCCn1c(SCC(=O)c2ccc(-c3ccccc3)cc2)nnc1-c1ccncc1. The number of nitrogens with zero attached hydrogens (tertiary/aromatic N) is 4. The summed E-state index contributed by atoms with van der Waals surface area (Å²) in [6.45, 7) is 2.91. The Bertz CT molecular complexity index is 1110. The van der Waals surface area contributed by atoms with Gasteiger partial charge in [0.15, 0.2) is 16.8 Å². The Morgan fingerprint density at radius 3 is 2.27 bits per heavy atom. The Kier molecular flexibility index (Phi) is 6.35. The number of carbonyl (C=O) groups excluding carboxylic acids is 1. The van der Waals surface area contributed by atoms with Gasteiger partial charge in [0.05, 0.1) is 5.75 Å². The highest BCUT2D eigenvalue weighted by atomic mass is 32.2.